The summed E-state index contributed by atoms with van der Waals surface area (Å²) >= 11 is 0. The molecule has 0 aromatic rings. The molecular formula is C10H15Na5O10. The third-order valence-corrected chi connectivity index (χ3v) is 0. The minimum absolute atomic E-state index is 0. The molecule has 0 heterocycles. The summed E-state index contributed by atoms with van der Waals surface area (Å²) in [6.07, 6.45) is 0. The number of hydrogen-bond acceptors (Lipinski definition) is 10. The number of carbonyl (C=O) groups is 5. The largest absolute Gasteiger partial charge is 1.00 e. The minimum Gasteiger partial charge on any atom is -0.550 e. The Bertz CT molecular complexity index is 223. The second kappa shape index (κ2) is 56.3. The van der Waals surface area contributed by atoms with E-state index in [1.807, 2.05) is 0 Å². The molecule has 0 saturated carbocycles. The van der Waals surface area contributed by atoms with Crippen LogP contribution in [0.2, 0.25) is 0 Å². The fourth-order valence-electron chi connectivity index (χ4n) is 0. The Morgan fingerprint density at radius 3 is 0.360 bits per heavy atom. The van der Waals surface area contributed by atoms with Crippen molar-refractivity contribution in [3.63, 3.8) is 0 Å². The van der Waals surface area contributed by atoms with Crippen LogP contribution in [-0.4, -0.2) is 29.8 Å². The Morgan fingerprint density at radius 2 is 0.360 bits per heavy atom. The summed E-state index contributed by atoms with van der Waals surface area (Å²) < 4.78 is 0. The van der Waals surface area contributed by atoms with Gasteiger partial charge >= 0.3 is 148 Å². The predicted octanol–water partition coefficient (Wildman–Crippen LogP) is -21.2. The van der Waals surface area contributed by atoms with E-state index in [2.05, 4.69) is 0 Å². The van der Waals surface area contributed by atoms with Crippen LogP contribution in [0.3, 0.4) is 0 Å². The average Bonchev–Trinajstić information content (AvgIpc) is 1.94. The summed E-state index contributed by atoms with van der Waals surface area (Å²) in [5.41, 5.74) is 0. The van der Waals surface area contributed by atoms with Crippen LogP contribution in [0, 0.1) is 0 Å². The third-order valence-electron chi connectivity index (χ3n) is 0. The smallest absolute Gasteiger partial charge is 0.550 e. The van der Waals surface area contributed by atoms with Gasteiger partial charge in [-0.05, 0) is 34.6 Å². The molecule has 0 spiro atoms. The second-order valence-electron chi connectivity index (χ2n) is 2.46. The summed E-state index contributed by atoms with van der Waals surface area (Å²) in [4.78, 5) is 44.4. The van der Waals surface area contributed by atoms with Crippen molar-refractivity contribution in [1.82, 2.24) is 0 Å². The van der Waals surface area contributed by atoms with Crippen LogP contribution in [-0.2, 0) is 24.0 Å². The molecule has 120 valence electrons. The van der Waals surface area contributed by atoms with E-state index in [-0.39, 0.29) is 148 Å². The molecule has 0 aliphatic carbocycles. The van der Waals surface area contributed by atoms with Gasteiger partial charge in [0.15, 0.2) is 0 Å². The first-order valence-electron chi connectivity index (χ1n) is 4.54. The number of aliphatic carboxylic acids is 5. The van der Waals surface area contributed by atoms with Crippen LogP contribution in [0.5, 0.6) is 0 Å². The molecule has 0 atom stereocenters. The fourth-order valence-corrected chi connectivity index (χ4v) is 0. The topological polar surface area (TPSA) is 201 Å². The summed E-state index contributed by atoms with van der Waals surface area (Å²) in [7, 11) is 0. The van der Waals surface area contributed by atoms with Gasteiger partial charge in [0.2, 0.25) is 0 Å². The Balaban J connectivity index is -0.0000000134. The number of hydrogen-bond donors (Lipinski definition) is 0. The number of carboxylic acids is 5. The molecule has 0 aliphatic rings. The van der Waals surface area contributed by atoms with E-state index in [0.717, 1.165) is 34.6 Å². The van der Waals surface area contributed by atoms with Gasteiger partial charge < -0.3 is 49.5 Å². The van der Waals surface area contributed by atoms with Crippen molar-refractivity contribution in [2.24, 2.45) is 0 Å². The van der Waals surface area contributed by atoms with Crippen molar-refractivity contribution in [3.8, 4) is 0 Å². The van der Waals surface area contributed by atoms with Crippen LogP contribution in [0.15, 0.2) is 0 Å². The fraction of sp³-hybridized carbons (Fsp3) is 0.500. The molecule has 0 saturated heterocycles. The van der Waals surface area contributed by atoms with Gasteiger partial charge in [0.05, 0.1) is 0 Å². The van der Waals surface area contributed by atoms with E-state index in [4.69, 9.17) is 49.5 Å². The monoisotopic (exact) mass is 410 g/mol. The molecular weight excluding hydrogens is 395 g/mol. The summed E-state index contributed by atoms with van der Waals surface area (Å²) in [5.74, 6) is -5.42. The maximum atomic E-state index is 8.89. The Kier molecular flexibility index (Phi) is 142. The maximum Gasteiger partial charge on any atom is 1.00 e. The number of rotatable bonds is 0. The van der Waals surface area contributed by atoms with Crippen molar-refractivity contribution in [1.29, 1.82) is 0 Å². The standard InChI is InChI=1S/5C2H4O2.5Na/c5*1-2(3)4;;;;;/h5*1H3,(H,3,4);;;;;/q;;;;;5*+1/p-5. The normalized spacial score (nSPS) is 5.00. The number of carbonyl (C=O) groups excluding carboxylic acids is 5. The maximum absolute atomic E-state index is 8.89. The predicted molar refractivity (Wildman–Crippen MR) is 53.4 cm³/mol. The molecule has 0 unspecified atom stereocenters. The number of carboxylic acid groups (broad SMARTS) is 5. The van der Waals surface area contributed by atoms with Crippen LogP contribution in [0.1, 0.15) is 34.6 Å². The molecule has 0 rings (SSSR count). The zero-order valence-electron chi connectivity index (χ0n) is 16.6. The van der Waals surface area contributed by atoms with Gasteiger partial charge in [-0.25, -0.2) is 0 Å². The molecule has 0 fully saturated rings. The van der Waals surface area contributed by atoms with Crippen LogP contribution >= 0.6 is 0 Å². The van der Waals surface area contributed by atoms with Gasteiger partial charge in [-0.1, -0.05) is 0 Å². The molecule has 0 aliphatic heterocycles. The van der Waals surface area contributed by atoms with E-state index < -0.39 is 29.8 Å². The van der Waals surface area contributed by atoms with Crippen LogP contribution < -0.4 is 173 Å². The van der Waals surface area contributed by atoms with E-state index in [1.54, 1.807) is 0 Å². The second-order valence-corrected chi connectivity index (χ2v) is 2.46. The van der Waals surface area contributed by atoms with Crippen molar-refractivity contribution in [2.75, 3.05) is 0 Å². The first kappa shape index (κ1) is 63.1. The first-order valence-corrected chi connectivity index (χ1v) is 4.54. The quantitative estimate of drug-likeness (QED) is 0.345. The van der Waals surface area contributed by atoms with E-state index in [1.165, 1.54) is 0 Å². The third kappa shape index (κ3) is 2830. The summed E-state index contributed by atoms with van der Waals surface area (Å²) in [5, 5.41) is 44.4. The molecule has 15 heteroatoms. The minimum atomic E-state index is -1.08. The van der Waals surface area contributed by atoms with Gasteiger partial charge in [-0.3, -0.25) is 0 Å². The van der Waals surface area contributed by atoms with Crippen LogP contribution in [0.4, 0.5) is 0 Å². The van der Waals surface area contributed by atoms with Gasteiger partial charge in [0, 0.05) is 29.8 Å². The SMILES string of the molecule is CC(=O)[O-].CC(=O)[O-].CC(=O)[O-].CC(=O)[O-].CC(=O)[O-].[Na+].[Na+].[Na+].[Na+].[Na+]. The van der Waals surface area contributed by atoms with E-state index in [9.17, 15) is 0 Å². The zero-order chi connectivity index (χ0) is 17.9. The van der Waals surface area contributed by atoms with E-state index in [0.29, 0.717) is 0 Å². The molecule has 25 heavy (non-hydrogen) atoms. The van der Waals surface area contributed by atoms with Crippen molar-refractivity contribution in [2.45, 2.75) is 34.6 Å². The Labute approximate surface area is 257 Å². The van der Waals surface area contributed by atoms with Crippen molar-refractivity contribution < 1.29 is 197 Å². The molecule has 10 nitrogen and oxygen atoms in total. The van der Waals surface area contributed by atoms with Gasteiger partial charge in [-0.15, -0.1) is 0 Å². The van der Waals surface area contributed by atoms with Gasteiger partial charge in [-0.2, -0.15) is 0 Å². The molecule has 0 radical (unpaired) electrons. The van der Waals surface area contributed by atoms with Crippen molar-refractivity contribution >= 4 is 29.8 Å². The molecule has 0 aromatic heterocycles. The zero-order valence-corrected chi connectivity index (χ0v) is 26.6. The molecule has 0 bridgehead atoms. The molecule has 0 N–H and O–H groups in total. The van der Waals surface area contributed by atoms with Crippen molar-refractivity contribution in [3.05, 3.63) is 0 Å². The first-order chi connectivity index (χ1) is 8.66. The average molecular weight is 410 g/mol. The van der Waals surface area contributed by atoms with Gasteiger partial charge in [0.25, 0.3) is 0 Å². The summed E-state index contributed by atoms with van der Waals surface area (Å²) in [6, 6.07) is 0. The van der Waals surface area contributed by atoms with Gasteiger partial charge in [0.1, 0.15) is 0 Å². The molecule has 0 aromatic carbocycles. The summed E-state index contributed by atoms with van der Waals surface area (Å²) in [6.45, 7) is 4.86. The Morgan fingerprint density at radius 1 is 0.360 bits per heavy atom. The molecule has 0 amide bonds. The Hall–Kier alpha value is 2.35. The van der Waals surface area contributed by atoms with E-state index >= 15 is 0 Å². The van der Waals surface area contributed by atoms with Crippen LogP contribution in [0.25, 0.3) is 0 Å².